The Morgan fingerprint density at radius 1 is 1.18 bits per heavy atom. The first-order chi connectivity index (χ1) is 13.5. The fourth-order valence-corrected chi connectivity index (χ4v) is 3.68. The number of rotatable bonds is 4. The van der Waals surface area contributed by atoms with Gasteiger partial charge in [0, 0.05) is 24.3 Å². The van der Waals surface area contributed by atoms with Crippen molar-refractivity contribution in [3.63, 3.8) is 0 Å². The summed E-state index contributed by atoms with van der Waals surface area (Å²) in [4.78, 5) is 14.6. The number of ether oxygens (including phenoxy) is 1. The summed E-state index contributed by atoms with van der Waals surface area (Å²) in [5.41, 5.74) is 2.27. The van der Waals surface area contributed by atoms with Crippen LogP contribution < -0.4 is 20.3 Å². The second kappa shape index (κ2) is 9.26. The van der Waals surface area contributed by atoms with Crippen molar-refractivity contribution < 1.29 is 9.53 Å². The molecule has 0 bridgehead atoms. The van der Waals surface area contributed by atoms with Crippen LogP contribution in [0, 0.1) is 5.92 Å². The lowest BCUT2D eigenvalue weighted by atomic mass is 9.99. The zero-order valence-corrected chi connectivity index (χ0v) is 17.6. The maximum Gasteiger partial charge on any atom is 0.257 e. The van der Waals surface area contributed by atoms with Crippen molar-refractivity contribution in [3.05, 3.63) is 53.1 Å². The number of carbonyl (C=O) groups is 1. The molecular formula is C21H24ClN3O2S. The maximum atomic E-state index is 12.3. The largest absolute Gasteiger partial charge is 0.497 e. The molecule has 0 saturated carbocycles. The first kappa shape index (κ1) is 20.4. The smallest absolute Gasteiger partial charge is 0.257 e. The van der Waals surface area contributed by atoms with Crippen LogP contribution in [-0.4, -0.2) is 31.2 Å². The molecule has 1 heterocycles. The molecule has 1 aliphatic rings. The van der Waals surface area contributed by atoms with E-state index in [-0.39, 0.29) is 11.0 Å². The van der Waals surface area contributed by atoms with E-state index in [9.17, 15) is 4.79 Å². The molecule has 148 valence electrons. The normalized spacial score (nSPS) is 14.5. The van der Waals surface area contributed by atoms with E-state index in [0.717, 1.165) is 30.4 Å². The van der Waals surface area contributed by atoms with Crippen LogP contribution in [0.1, 0.15) is 30.1 Å². The van der Waals surface area contributed by atoms with Crippen LogP contribution in [0.5, 0.6) is 5.75 Å². The van der Waals surface area contributed by atoms with E-state index in [1.165, 1.54) is 12.8 Å². The number of methoxy groups -OCH3 is 1. The predicted molar refractivity (Wildman–Crippen MR) is 119 cm³/mol. The van der Waals surface area contributed by atoms with Crippen LogP contribution in [0.25, 0.3) is 0 Å². The summed E-state index contributed by atoms with van der Waals surface area (Å²) in [5.74, 6) is 1.17. The molecule has 0 unspecified atom stereocenters. The van der Waals surface area contributed by atoms with Crippen molar-refractivity contribution in [2.75, 3.05) is 30.4 Å². The van der Waals surface area contributed by atoms with Gasteiger partial charge in [-0.1, -0.05) is 18.5 Å². The third kappa shape index (κ3) is 5.14. The van der Waals surface area contributed by atoms with Gasteiger partial charge in [0.1, 0.15) is 5.75 Å². The van der Waals surface area contributed by atoms with Gasteiger partial charge in [-0.15, -0.1) is 0 Å². The topological polar surface area (TPSA) is 53.6 Å². The zero-order valence-electron chi connectivity index (χ0n) is 16.0. The molecule has 3 rings (SSSR count). The molecule has 1 fully saturated rings. The number of thiocarbonyl (C=S) groups is 1. The fourth-order valence-electron chi connectivity index (χ4n) is 3.17. The van der Waals surface area contributed by atoms with E-state index in [4.69, 9.17) is 28.6 Å². The third-order valence-electron chi connectivity index (χ3n) is 4.91. The number of piperidine rings is 1. The Morgan fingerprint density at radius 2 is 1.86 bits per heavy atom. The van der Waals surface area contributed by atoms with Crippen molar-refractivity contribution in [1.82, 2.24) is 5.32 Å². The lowest BCUT2D eigenvalue weighted by Crippen LogP contribution is -2.34. The predicted octanol–water partition coefficient (Wildman–Crippen LogP) is 4.71. The Hall–Kier alpha value is -2.31. The molecule has 2 aromatic rings. The van der Waals surface area contributed by atoms with Gasteiger partial charge >= 0.3 is 0 Å². The summed E-state index contributed by atoms with van der Waals surface area (Å²) in [6.45, 7) is 4.32. The average Bonchev–Trinajstić information content (AvgIpc) is 2.69. The highest BCUT2D eigenvalue weighted by Gasteiger charge is 2.18. The van der Waals surface area contributed by atoms with E-state index in [1.54, 1.807) is 31.4 Å². The second-order valence-corrected chi connectivity index (χ2v) is 7.79. The molecule has 7 heteroatoms. The first-order valence-corrected chi connectivity index (χ1v) is 10.1. The van der Waals surface area contributed by atoms with Gasteiger partial charge in [0.25, 0.3) is 5.91 Å². The minimum atomic E-state index is -0.287. The second-order valence-electron chi connectivity index (χ2n) is 6.97. The number of hydrogen-bond donors (Lipinski definition) is 2. The average molecular weight is 418 g/mol. The molecule has 0 atom stereocenters. The fraction of sp³-hybridized carbons (Fsp3) is 0.333. The number of amides is 1. The van der Waals surface area contributed by atoms with Crippen LogP contribution in [0.3, 0.4) is 0 Å². The third-order valence-corrected chi connectivity index (χ3v) is 5.42. The summed E-state index contributed by atoms with van der Waals surface area (Å²) in [5, 5.41) is 6.58. The summed E-state index contributed by atoms with van der Waals surface area (Å²) in [7, 11) is 1.58. The molecule has 1 aliphatic heterocycles. The van der Waals surface area contributed by atoms with E-state index in [2.05, 4.69) is 22.5 Å². The van der Waals surface area contributed by atoms with Crippen molar-refractivity contribution in [3.8, 4) is 5.75 Å². The Labute approximate surface area is 176 Å². The van der Waals surface area contributed by atoms with Crippen molar-refractivity contribution in [1.29, 1.82) is 0 Å². The molecule has 5 nitrogen and oxygen atoms in total. The standard InChI is InChI=1S/C21H24ClN3O2S/c1-14-9-11-25(12-10-14)19-8-5-16(13-18(19)22)23-21(28)24-20(26)15-3-6-17(27-2)7-4-15/h3-8,13-14H,9-12H2,1-2H3,(H2,23,24,26,28). The number of benzene rings is 2. The van der Waals surface area contributed by atoms with Gasteiger partial charge in [-0.2, -0.15) is 0 Å². The molecule has 0 aliphatic carbocycles. The van der Waals surface area contributed by atoms with Gasteiger partial charge in [-0.05, 0) is 73.4 Å². The van der Waals surface area contributed by atoms with Gasteiger partial charge in [-0.25, -0.2) is 0 Å². The molecule has 0 spiro atoms. The number of halogens is 1. The van der Waals surface area contributed by atoms with E-state index >= 15 is 0 Å². The highest BCUT2D eigenvalue weighted by molar-refractivity contribution is 7.80. The highest BCUT2D eigenvalue weighted by atomic mass is 35.5. The molecule has 0 aromatic heterocycles. The van der Waals surface area contributed by atoms with Gasteiger partial charge in [0.15, 0.2) is 5.11 Å². The molecule has 2 aromatic carbocycles. The summed E-state index contributed by atoms with van der Waals surface area (Å²) in [6.07, 6.45) is 2.36. The van der Waals surface area contributed by atoms with Gasteiger partial charge < -0.3 is 15.0 Å². The molecule has 1 amide bonds. The monoisotopic (exact) mass is 417 g/mol. The first-order valence-electron chi connectivity index (χ1n) is 9.27. The van der Waals surface area contributed by atoms with Crippen LogP contribution in [-0.2, 0) is 0 Å². The quantitative estimate of drug-likeness (QED) is 0.705. The Balaban J connectivity index is 1.59. The number of nitrogens with zero attached hydrogens (tertiary/aromatic N) is 1. The van der Waals surface area contributed by atoms with Crippen LogP contribution in [0.2, 0.25) is 5.02 Å². The lowest BCUT2D eigenvalue weighted by molar-refractivity contribution is 0.0977. The van der Waals surface area contributed by atoms with Gasteiger partial charge in [-0.3, -0.25) is 10.1 Å². The van der Waals surface area contributed by atoms with Gasteiger partial charge in [0.05, 0.1) is 17.8 Å². The van der Waals surface area contributed by atoms with Crippen molar-refractivity contribution in [2.24, 2.45) is 5.92 Å². The summed E-state index contributed by atoms with van der Waals surface area (Å²) < 4.78 is 5.09. The van der Waals surface area contributed by atoms with E-state index < -0.39 is 0 Å². The Morgan fingerprint density at radius 3 is 2.46 bits per heavy atom. The SMILES string of the molecule is COc1ccc(C(=O)NC(=S)Nc2ccc(N3CCC(C)CC3)c(Cl)c2)cc1. The minimum absolute atomic E-state index is 0.219. The number of hydrogen-bond acceptors (Lipinski definition) is 4. The summed E-state index contributed by atoms with van der Waals surface area (Å²) >= 11 is 11.7. The molecule has 0 radical (unpaired) electrons. The minimum Gasteiger partial charge on any atom is -0.497 e. The number of carbonyl (C=O) groups excluding carboxylic acids is 1. The molecule has 2 N–H and O–H groups in total. The van der Waals surface area contributed by atoms with Crippen LogP contribution >= 0.6 is 23.8 Å². The van der Waals surface area contributed by atoms with E-state index in [1.807, 2.05) is 18.2 Å². The highest BCUT2D eigenvalue weighted by Crippen LogP contribution is 2.31. The molecule has 1 saturated heterocycles. The van der Waals surface area contributed by atoms with Gasteiger partial charge in [0.2, 0.25) is 0 Å². The van der Waals surface area contributed by atoms with E-state index in [0.29, 0.717) is 16.3 Å². The number of nitrogens with one attached hydrogen (secondary N) is 2. The van der Waals surface area contributed by atoms with Crippen LogP contribution in [0.15, 0.2) is 42.5 Å². The summed E-state index contributed by atoms with van der Waals surface area (Å²) in [6, 6.07) is 12.6. The Kier molecular flexibility index (Phi) is 6.75. The van der Waals surface area contributed by atoms with Crippen molar-refractivity contribution in [2.45, 2.75) is 19.8 Å². The number of anilines is 2. The lowest BCUT2D eigenvalue weighted by Gasteiger charge is -2.32. The zero-order chi connectivity index (χ0) is 20.1. The Bertz CT molecular complexity index is 849. The van der Waals surface area contributed by atoms with Crippen molar-refractivity contribution >= 4 is 46.2 Å². The molecular weight excluding hydrogens is 394 g/mol. The van der Waals surface area contributed by atoms with Crippen LogP contribution in [0.4, 0.5) is 11.4 Å². The maximum absolute atomic E-state index is 12.3. The molecule has 28 heavy (non-hydrogen) atoms.